The normalized spacial score (nSPS) is 14.4. The Hall–Kier alpha value is -4.34. The second kappa shape index (κ2) is 12.7. The minimum Gasteiger partial charge on any atom is -0.477 e. The van der Waals surface area contributed by atoms with Crippen molar-refractivity contribution in [1.82, 2.24) is 5.32 Å². The Morgan fingerprint density at radius 2 is 1.57 bits per heavy atom. The maximum Gasteiger partial charge on any atom is 0.264 e. The first kappa shape index (κ1) is 29.2. The van der Waals surface area contributed by atoms with Crippen molar-refractivity contribution >= 4 is 44.8 Å². The highest BCUT2D eigenvalue weighted by Gasteiger charge is 2.33. The third-order valence-corrected chi connectivity index (χ3v) is 9.10. The minimum atomic E-state index is -3.78. The molecule has 1 atom stereocenters. The van der Waals surface area contributed by atoms with Crippen molar-refractivity contribution in [2.75, 3.05) is 29.3 Å². The Morgan fingerprint density at radius 3 is 2.29 bits per heavy atom. The van der Waals surface area contributed by atoms with Crippen LogP contribution in [0.1, 0.15) is 11.1 Å². The van der Waals surface area contributed by atoms with E-state index in [1.807, 2.05) is 36.4 Å². The Kier molecular flexibility index (Phi) is 8.80. The van der Waals surface area contributed by atoms with E-state index in [2.05, 4.69) is 5.32 Å². The van der Waals surface area contributed by atoms with Gasteiger partial charge in [0.2, 0.25) is 5.91 Å². The number of nitrogens with zero attached hydrogens (tertiary/aromatic N) is 2. The summed E-state index contributed by atoms with van der Waals surface area (Å²) >= 11 is 5.90. The van der Waals surface area contributed by atoms with Crippen LogP contribution in [0.2, 0.25) is 5.02 Å². The van der Waals surface area contributed by atoms with Crippen molar-refractivity contribution in [2.24, 2.45) is 0 Å². The lowest BCUT2D eigenvalue weighted by Crippen LogP contribution is -2.51. The van der Waals surface area contributed by atoms with E-state index in [0.717, 1.165) is 5.56 Å². The lowest BCUT2D eigenvalue weighted by atomic mass is 10.1. The zero-order valence-corrected chi connectivity index (χ0v) is 24.5. The highest BCUT2D eigenvalue weighted by atomic mass is 35.5. The molecule has 4 aromatic rings. The Morgan fingerprint density at radius 1 is 0.905 bits per heavy atom. The average Bonchev–Trinajstić information content (AvgIpc) is 3.01. The van der Waals surface area contributed by atoms with Crippen molar-refractivity contribution in [3.8, 4) is 5.75 Å². The fraction of sp³-hybridized carbons (Fsp3) is 0.188. The predicted molar refractivity (Wildman–Crippen MR) is 164 cm³/mol. The number of para-hydroxylation sites is 2. The van der Waals surface area contributed by atoms with E-state index in [9.17, 15) is 18.0 Å². The van der Waals surface area contributed by atoms with Gasteiger partial charge in [-0.25, -0.2) is 8.42 Å². The first-order valence-corrected chi connectivity index (χ1v) is 15.3. The molecule has 0 saturated heterocycles. The van der Waals surface area contributed by atoms with E-state index >= 15 is 0 Å². The minimum absolute atomic E-state index is 0.0601. The maximum atomic E-state index is 13.5. The molecule has 42 heavy (non-hydrogen) atoms. The topological polar surface area (TPSA) is 96.0 Å². The predicted octanol–water partition coefficient (Wildman–Crippen LogP) is 4.86. The van der Waals surface area contributed by atoms with Gasteiger partial charge in [0, 0.05) is 18.6 Å². The number of halogens is 1. The molecule has 1 N–H and O–H groups in total. The molecule has 0 fully saturated rings. The molecule has 0 unspecified atom stereocenters. The van der Waals surface area contributed by atoms with E-state index in [1.165, 1.54) is 35.6 Å². The van der Waals surface area contributed by atoms with Gasteiger partial charge in [0.1, 0.15) is 5.75 Å². The monoisotopic (exact) mass is 603 g/mol. The van der Waals surface area contributed by atoms with Crippen molar-refractivity contribution in [3.63, 3.8) is 0 Å². The van der Waals surface area contributed by atoms with E-state index < -0.39 is 16.1 Å². The summed E-state index contributed by atoms with van der Waals surface area (Å²) in [6.07, 6.45) is -0.108. The molecule has 5 rings (SSSR count). The van der Waals surface area contributed by atoms with Crippen LogP contribution < -0.4 is 19.3 Å². The van der Waals surface area contributed by atoms with Crippen LogP contribution in [0.5, 0.6) is 5.75 Å². The fourth-order valence-corrected chi connectivity index (χ4v) is 6.01. The molecule has 0 aromatic heterocycles. The summed E-state index contributed by atoms with van der Waals surface area (Å²) in [6, 6.07) is 29.7. The second-order valence-electron chi connectivity index (χ2n) is 9.87. The molecule has 0 radical (unpaired) electrons. The average molecular weight is 604 g/mol. The number of carbonyl (C=O) groups is 2. The number of fused-ring (bicyclic) bond motifs is 1. The van der Waals surface area contributed by atoms with Crippen LogP contribution in [0.15, 0.2) is 108 Å². The summed E-state index contributed by atoms with van der Waals surface area (Å²) in [6.45, 7) is 0.528. The van der Waals surface area contributed by atoms with E-state index in [4.69, 9.17) is 16.3 Å². The first-order valence-electron chi connectivity index (χ1n) is 13.4. The smallest absolute Gasteiger partial charge is 0.264 e. The molecule has 0 saturated carbocycles. The number of benzene rings is 4. The number of carbonyl (C=O) groups excluding carboxylic acids is 2. The second-order valence-corrected chi connectivity index (χ2v) is 12.3. The number of ether oxygens (including phenoxy) is 1. The zero-order chi connectivity index (χ0) is 29.7. The Bertz CT molecular complexity index is 1660. The summed E-state index contributed by atoms with van der Waals surface area (Å²) in [4.78, 5) is 28.2. The molecule has 1 heterocycles. The van der Waals surface area contributed by atoms with Crippen LogP contribution in [0.4, 0.5) is 11.4 Å². The van der Waals surface area contributed by atoms with Crippen LogP contribution in [0, 0.1) is 0 Å². The SMILES string of the molecule is CN(c1ccc(CC(=O)N2C[C@H](C(=O)NCCc3ccccc3)Oc3ccccc32)cc1)S(=O)(=O)c1ccc(Cl)cc1. The van der Waals surface area contributed by atoms with Gasteiger partial charge < -0.3 is 15.0 Å². The molecule has 0 spiro atoms. The lowest BCUT2D eigenvalue weighted by Gasteiger charge is -2.34. The molecule has 0 aliphatic carbocycles. The number of hydrogen-bond donors (Lipinski definition) is 1. The highest BCUT2D eigenvalue weighted by molar-refractivity contribution is 7.92. The van der Waals surface area contributed by atoms with Crippen LogP contribution in [-0.2, 0) is 32.5 Å². The molecule has 10 heteroatoms. The molecular weight excluding hydrogens is 574 g/mol. The fourth-order valence-electron chi connectivity index (χ4n) is 4.69. The Balaban J connectivity index is 1.25. The number of sulfonamides is 1. The molecule has 1 aliphatic rings. The van der Waals surface area contributed by atoms with Crippen LogP contribution in [-0.4, -0.2) is 46.5 Å². The van der Waals surface area contributed by atoms with E-state index in [0.29, 0.717) is 40.7 Å². The van der Waals surface area contributed by atoms with Crippen LogP contribution in [0.25, 0.3) is 0 Å². The van der Waals surface area contributed by atoms with Crippen LogP contribution >= 0.6 is 11.6 Å². The van der Waals surface area contributed by atoms with E-state index in [-0.39, 0.29) is 29.7 Å². The summed E-state index contributed by atoms with van der Waals surface area (Å²) in [7, 11) is -2.31. The molecule has 0 bridgehead atoms. The lowest BCUT2D eigenvalue weighted by molar-refractivity contribution is -0.128. The number of amides is 2. The number of rotatable bonds is 9. The van der Waals surface area contributed by atoms with Gasteiger partial charge in [-0.1, -0.05) is 66.2 Å². The van der Waals surface area contributed by atoms with Crippen LogP contribution in [0.3, 0.4) is 0 Å². The van der Waals surface area contributed by atoms with Crippen molar-refractivity contribution < 1.29 is 22.7 Å². The molecule has 8 nitrogen and oxygen atoms in total. The Labute approximate surface area is 250 Å². The standard InChI is InChI=1S/C32H30ClN3O5S/c1-35(42(39,40)27-17-13-25(33)14-18-27)26-15-11-24(12-16-26)21-31(37)36-22-30(41-29-10-6-5-9-28(29)36)32(38)34-20-19-23-7-3-2-4-8-23/h2-18,30H,19-22H2,1H3,(H,34,38)/t30-/m1/s1. The van der Waals surface area contributed by atoms with Gasteiger partial charge in [-0.05, 0) is 66.1 Å². The van der Waals surface area contributed by atoms with Gasteiger partial charge >= 0.3 is 0 Å². The zero-order valence-electron chi connectivity index (χ0n) is 22.9. The molecule has 4 aromatic carbocycles. The molecular formula is C32H30ClN3O5S. The number of anilines is 2. The summed E-state index contributed by atoms with van der Waals surface area (Å²) in [5, 5.41) is 3.37. The largest absolute Gasteiger partial charge is 0.477 e. The molecule has 2 amide bonds. The van der Waals surface area contributed by atoms with Gasteiger partial charge in [0.05, 0.1) is 29.2 Å². The third kappa shape index (κ3) is 6.58. The van der Waals surface area contributed by atoms with Gasteiger partial charge in [-0.3, -0.25) is 13.9 Å². The molecule has 216 valence electrons. The van der Waals surface area contributed by atoms with Gasteiger partial charge in [0.15, 0.2) is 6.10 Å². The summed E-state index contributed by atoms with van der Waals surface area (Å²) in [5.41, 5.74) is 2.87. The van der Waals surface area contributed by atoms with Crippen molar-refractivity contribution in [3.05, 3.63) is 119 Å². The number of nitrogens with one attached hydrogen (secondary N) is 1. The highest BCUT2D eigenvalue weighted by Crippen LogP contribution is 2.34. The number of hydrogen-bond acceptors (Lipinski definition) is 5. The molecule has 1 aliphatic heterocycles. The maximum absolute atomic E-state index is 13.5. The van der Waals surface area contributed by atoms with Gasteiger partial charge in [0.25, 0.3) is 15.9 Å². The quantitative estimate of drug-likeness (QED) is 0.295. The van der Waals surface area contributed by atoms with Gasteiger partial charge in [-0.15, -0.1) is 0 Å². The van der Waals surface area contributed by atoms with Gasteiger partial charge in [-0.2, -0.15) is 0 Å². The van der Waals surface area contributed by atoms with Crippen molar-refractivity contribution in [1.29, 1.82) is 0 Å². The summed E-state index contributed by atoms with van der Waals surface area (Å²) < 4.78 is 33.2. The summed E-state index contributed by atoms with van der Waals surface area (Å²) in [5.74, 6) is -0.0278. The first-order chi connectivity index (χ1) is 20.2. The van der Waals surface area contributed by atoms with Crippen molar-refractivity contribution in [2.45, 2.75) is 23.8 Å². The third-order valence-electron chi connectivity index (χ3n) is 7.05. The van der Waals surface area contributed by atoms with E-state index in [1.54, 1.807) is 47.4 Å².